The van der Waals surface area contributed by atoms with E-state index < -0.39 is 15.3 Å². The third kappa shape index (κ3) is 4.58. The molecule has 2 rings (SSSR count). The van der Waals surface area contributed by atoms with E-state index in [2.05, 4.69) is 0 Å². The Morgan fingerprint density at radius 2 is 1.96 bits per heavy atom. The molecule has 2 fully saturated rings. The summed E-state index contributed by atoms with van der Waals surface area (Å²) in [6.07, 6.45) is 1.52. The number of nitrogens with zero attached hydrogens (tertiary/aromatic N) is 2. The first-order valence-corrected chi connectivity index (χ1v) is 9.97. The molecule has 0 aliphatic carbocycles. The summed E-state index contributed by atoms with van der Waals surface area (Å²) in [4.78, 5) is 13.3. The highest BCUT2D eigenvalue weighted by molar-refractivity contribution is 7.89. The summed E-state index contributed by atoms with van der Waals surface area (Å²) in [7, 11) is -3.32. The summed E-state index contributed by atoms with van der Waals surface area (Å²) in [5.74, 6) is 0.296. The number of hydrogen-bond acceptors (Lipinski definition) is 5. The van der Waals surface area contributed by atoms with Gasteiger partial charge in [-0.25, -0.2) is 17.5 Å². The van der Waals surface area contributed by atoms with E-state index in [4.69, 9.17) is 9.47 Å². The normalized spacial score (nSPS) is 23.4. The van der Waals surface area contributed by atoms with Crippen LogP contribution < -0.4 is 0 Å². The molecule has 1 unspecified atom stereocenters. The lowest BCUT2D eigenvalue weighted by Gasteiger charge is -2.34. The van der Waals surface area contributed by atoms with Gasteiger partial charge in [0.05, 0.1) is 18.5 Å². The van der Waals surface area contributed by atoms with Gasteiger partial charge in [0.2, 0.25) is 10.0 Å². The van der Waals surface area contributed by atoms with Gasteiger partial charge in [0.1, 0.15) is 0 Å². The molecule has 0 aromatic rings. The predicted molar refractivity (Wildman–Crippen MR) is 86.7 cm³/mol. The topological polar surface area (TPSA) is 76.2 Å². The van der Waals surface area contributed by atoms with Gasteiger partial charge in [-0.2, -0.15) is 0 Å². The average molecular weight is 348 g/mol. The van der Waals surface area contributed by atoms with Crippen LogP contribution in [0.2, 0.25) is 0 Å². The zero-order valence-corrected chi connectivity index (χ0v) is 14.9. The molecule has 0 spiro atoms. The van der Waals surface area contributed by atoms with E-state index in [1.165, 1.54) is 0 Å². The summed E-state index contributed by atoms with van der Waals surface area (Å²) >= 11 is 0. The summed E-state index contributed by atoms with van der Waals surface area (Å²) in [5, 5.41) is -0.407. The SMILES string of the molecule is CCOC(=O)N1CCC(S(=O)(=O)N(CC)CC2CCOC2)CC1. The van der Waals surface area contributed by atoms with Crippen LogP contribution in [0.4, 0.5) is 4.79 Å². The molecule has 2 heterocycles. The van der Waals surface area contributed by atoms with Crippen molar-refractivity contribution in [1.29, 1.82) is 0 Å². The number of piperidine rings is 1. The van der Waals surface area contributed by atoms with Crippen molar-refractivity contribution in [2.45, 2.75) is 38.4 Å². The smallest absolute Gasteiger partial charge is 0.409 e. The molecule has 7 nitrogen and oxygen atoms in total. The fraction of sp³-hybridized carbons (Fsp3) is 0.933. The van der Waals surface area contributed by atoms with Gasteiger partial charge in [0.15, 0.2) is 0 Å². The van der Waals surface area contributed by atoms with Crippen LogP contribution >= 0.6 is 0 Å². The van der Waals surface area contributed by atoms with E-state index in [1.54, 1.807) is 16.1 Å². The molecule has 0 aromatic heterocycles. The Balaban J connectivity index is 1.92. The lowest BCUT2D eigenvalue weighted by molar-refractivity contribution is 0.0997. The van der Waals surface area contributed by atoms with E-state index in [-0.39, 0.29) is 6.09 Å². The standard InChI is InChI=1S/C15H28N2O5S/c1-3-17(11-13-7-10-21-12-13)23(19,20)14-5-8-16(9-6-14)15(18)22-4-2/h13-14H,3-12H2,1-2H3. The monoisotopic (exact) mass is 348 g/mol. The Bertz CT molecular complexity index is 482. The fourth-order valence-corrected chi connectivity index (χ4v) is 5.20. The molecule has 0 radical (unpaired) electrons. The number of rotatable bonds is 6. The Labute approximate surface area is 139 Å². The van der Waals surface area contributed by atoms with Crippen molar-refractivity contribution in [3.63, 3.8) is 0 Å². The highest BCUT2D eigenvalue weighted by atomic mass is 32.2. The number of ether oxygens (including phenoxy) is 2. The summed E-state index contributed by atoms with van der Waals surface area (Å²) in [5.41, 5.74) is 0. The molecular formula is C15H28N2O5S. The van der Waals surface area contributed by atoms with Gasteiger partial charge >= 0.3 is 6.09 Å². The van der Waals surface area contributed by atoms with E-state index in [0.29, 0.717) is 58.2 Å². The number of likely N-dealkylation sites (tertiary alicyclic amines) is 1. The second kappa shape index (κ2) is 8.30. The highest BCUT2D eigenvalue weighted by Crippen LogP contribution is 2.24. The Kier molecular flexibility index (Phi) is 6.67. The second-order valence-electron chi connectivity index (χ2n) is 6.11. The molecule has 1 atom stereocenters. The van der Waals surface area contributed by atoms with Gasteiger partial charge in [0, 0.05) is 32.8 Å². The zero-order valence-electron chi connectivity index (χ0n) is 14.1. The third-order valence-corrected chi connectivity index (χ3v) is 7.03. The molecule has 2 aliphatic rings. The number of hydrogen-bond donors (Lipinski definition) is 0. The molecule has 0 aromatic carbocycles. The van der Waals surface area contributed by atoms with E-state index in [1.807, 2.05) is 6.92 Å². The molecule has 23 heavy (non-hydrogen) atoms. The zero-order chi connectivity index (χ0) is 16.9. The minimum absolute atomic E-state index is 0.296. The summed E-state index contributed by atoms with van der Waals surface area (Å²) in [6.45, 7) is 7.24. The molecule has 0 N–H and O–H groups in total. The molecule has 0 saturated carbocycles. The maximum absolute atomic E-state index is 12.9. The van der Waals surface area contributed by atoms with E-state index >= 15 is 0 Å². The molecule has 2 saturated heterocycles. The fourth-order valence-electron chi connectivity index (χ4n) is 3.19. The maximum Gasteiger partial charge on any atom is 0.409 e. The molecule has 1 amide bonds. The van der Waals surface area contributed by atoms with Crippen molar-refractivity contribution in [3.8, 4) is 0 Å². The van der Waals surface area contributed by atoms with Gasteiger partial charge in [-0.3, -0.25) is 0 Å². The van der Waals surface area contributed by atoms with Crippen LogP contribution in [-0.2, 0) is 19.5 Å². The summed E-state index contributed by atoms with van der Waals surface area (Å²) in [6, 6.07) is 0. The van der Waals surface area contributed by atoms with Crippen molar-refractivity contribution in [3.05, 3.63) is 0 Å². The lowest BCUT2D eigenvalue weighted by Crippen LogP contribution is -2.48. The number of carbonyl (C=O) groups is 1. The van der Waals surface area contributed by atoms with Crippen LogP contribution in [0.5, 0.6) is 0 Å². The molecule has 134 valence electrons. The first-order valence-electron chi connectivity index (χ1n) is 8.47. The quantitative estimate of drug-likeness (QED) is 0.723. The highest BCUT2D eigenvalue weighted by Gasteiger charge is 2.36. The van der Waals surface area contributed by atoms with Crippen LogP contribution in [0.25, 0.3) is 0 Å². The van der Waals surface area contributed by atoms with Crippen LogP contribution in [-0.4, -0.2) is 75.0 Å². The van der Waals surface area contributed by atoms with Crippen molar-refractivity contribution in [2.24, 2.45) is 5.92 Å². The maximum atomic E-state index is 12.9. The Morgan fingerprint density at radius 1 is 1.26 bits per heavy atom. The molecule has 8 heteroatoms. The Hall–Kier alpha value is -0.860. The Morgan fingerprint density at radius 3 is 2.48 bits per heavy atom. The van der Waals surface area contributed by atoms with Crippen LogP contribution in [0.3, 0.4) is 0 Å². The van der Waals surface area contributed by atoms with Crippen LogP contribution in [0, 0.1) is 5.92 Å². The first-order chi connectivity index (χ1) is 11.0. The van der Waals surface area contributed by atoms with Crippen molar-refractivity contribution in [1.82, 2.24) is 9.21 Å². The van der Waals surface area contributed by atoms with Gasteiger partial charge in [0.25, 0.3) is 0 Å². The number of amides is 1. The van der Waals surface area contributed by atoms with Gasteiger partial charge in [-0.05, 0) is 32.1 Å². The van der Waals surface area contributed by atoms with E-state index in [9.17, 15) is 13.2 Å². The van der Waals surface area contributed by atoms with Crippen LogP contribution in [0.15, 0.2) is 0 Å². The number of sulfonamides is 1. The minimum Gasteiger partial charge on any atom is -0.450 e. The van der Waals surface area contributed by atoms with Crippen molar-refractivity contribution >= 4 is 16.1 Å². The lowest BCUT2D eigenvalue weighted by atomic mass is 10.1. The van der Waals surface area contributed by atoms with E-state index in [0.717, 1.165) is 13.0 Å². The molecule has 2 aliphatic heterocycles. The second-order valence-corrected chi connectivity index (χ2v) is 8.32. The third-order valence-electron chi connectivity index (χ3n) is 4.59. The van der Waals surface area contributed by atoms with Gasteiger partial charge in [-0.15, -0.1) is 0 Å². The molecule has 0 bridgehead atoms. The largest absolute Gasteiger partial charge is 0.450 e. The van der Waals surface area contributed by atoms with Crippen molar-refractivity contribution in [2.75, 3.05) is 46.0 Å². The summed E-state index contributed by atoms with van der Waals surface area (Å²) < 4.78 is 37.6. The molecular weight excluding hydrogens is 320 g/mol. The predicted octanol–water partition coefficient (Wildman–Crippen LogP) is 1.30. The first kappa shape index (κ1) is 18.5. The average Bonchev–Trinajstić information content (AvgIpc) is 3.06. The van der Waals surface area contributed by atoms with Gasteiger partial charge in [-0.1, -0.05) is 6.92 Å². The minimum atomic E-state index is -3.32. The number of carbonyl (C=O) groups excluding carboxylic acids is 1. The van der Waals surface area contributed by atoms with Crippen LogP contribution in [0.1, 0.15) is 33.1 Å². The van der Waals surface area contributed by atoms with Gasteiger partial charge < -0.3 is 14.4 Å². The van der Waals surface area contributed by atoms with Crippen molar-refractivity contribution < 1.29 is 22.7 Å².